The predicted octanol–water partition coefficient (Wildman–Crippen LogP) is 5.46. The van der Waals surface area contributed by atoms with Crippen molar-refractivity contribution in [3.05, 3.63) is 72.8 Å². The van der Waals surface area contributed by atoms with Crippen molar-refractivity contribution >= 4 is 28.5 Å². The molecule has 4 heterocycles. The first-order valence-corrected chi connectivity index (χ1v) is 12.4. The van der Waals surface area contributed by atoms with Gasteiger partial charge in [0.1, 0.15) is 5.69 Å². The Labute approximate surface area is 201 Å². The molecule has 1 aliphatic carbocycles. The molecule has 34 heavy (non-hydrogen) atoms. The zero-order chi connectivity index (χ0) is 23.1. The molecule has 2 aliphatic rings. The molecule has 8 heteroatoms. The molecule has 1 saturated carbocycles. The van der Waals surface area contributed by atoms with Crippen LogP contribution in [0.2, 0.25) is 0 Å². The molecule has 174 valence electrons. The molecule has 5 nitrogen and oxygen atoms in total. The normalized spacial score (nSPS) is 16.9. The number of hydrogen-bond acceptors (Lipinski definition) is 5. The van der Waals surface area contributed by atoms with E-state index in [1.807, 2.05) is 39.3 Å². The molecule has 1 saturated heterocycles. The lowest BCUT2D eigenvalue weighted by atomic mass is 10.1. The second kappa shape index (κ2) is 9.00. The molecule has 1 aromatic carbocycles. The molecule has 2 fully saturated rings. The van der Waals surface area contributed by atoms with Gasteiger partial charge in [-0.15, -0.1) is 0 Å². The van der Waals surface area contributed by atoms with Gasteiger partial charge in [0.05, 0.1) is 17.4 Å². The van der Waals surface area contributed by atoms with Crippen molar-refractivity contribution in [3.8, 4) is 11.3 Å². The van der Waals surface area contributed by atoms with Gasteiger partial charge in [-0.05, 0) is 61.0 Å². The number of piperazine rings is 1. The molecule has 0 N–H and O–H groups in total. The predicted molar refractivity (Wildman–Crippen MR) is 132 cm³/mol. The molecular formula is C26H25F2N5S. The standard InChI is InChI=1S/C26H25F2N5S/c27-22-13-19(14-23(28)26(22)32-11-9-31(10-12-32)17-18-4-5-18)34-33-8-6-20-21(15-29-16-25(20)33)24-3-1-2-7-30-24/h1-3,6-8,13-16,18H,4-5,9-12,17H2. The van der Waals surface area contributed by atoms with Crippen molar-refractivity contribution in [1.29, 1.82) is 0 Å². The lowest BCUT2D eigenvalue weighted by Crippen LogP contribution is -2.47. The van der Waals surface area contributed by atoms with Gasteiger partial charge in [0.15, 0.2) is 11.6 Å². The molecule has 0 radical (unpaired) electrons. The lowest BCUT2D eigenvalue weighted by molar-refractivity contribution is 0.247. The Hall–Kier alpha value is -2.97. The first-order valence-electron chi connectivity index (χ1n) is 11.7. The van der Waals surface area contributed by atoms with E-state index in [1.54, 1.807) is 18.6 Å². The number of aromatic nitrogens is 3. The quantitative estimate of drug-likeness (QED) is 0.368. The van der Waals surface area contributed by atoms with Crippen LogP contribution in [0.5, 0.6) is 0 Å². The highest BCUT2D eigenvalue weighted by Gasteiger charge is 2.28. The van der Waals surface area contributed by atoms with Crippen LogP contribution in [0.4, 0.5) is 14.5 Å². The van der Waals surface area contributed by atoms with E-state index in [9.17, 15) is 0 Å². The zero-order valence-corrected chi connectivity index (χ0v) is 19.5. The Kier molecular flexibility index (Phi) is 5.71. The van der Waals surface area contributed by atoms with Crippen molar-refractivity contribution in [3.63, 3.8) is 0 Å². The van der Waals surface area contributed by atoms with Gasteiger partial charge in [0.25, 0.3) is 0 Å². The van der Waals surface area contributed by atoms with E-state index < -0.39 is 11.6 Å². The topological polar surface area (TPSA) is 37.2 Å². The van der Waals surface area contributed by atoms with Gasteiger partial charge in [-0.1, -0.05) is 6.07 Å². The van der Waals surface area contributed by atoms with Crippen LogP contribution in [-0.4, -0.2) is 51.6 Å². The lowest BCUT2D eigenvalue weighted by Gasteiger charge is -2.36. The van der Waals surface area contributed by atoms with E-state index in [4.69, 9.17) is 0 Å². The Balaban J connectivity index is 1.22. The molecule has 1 aliphatic heterocycles. The van der Waals surface area contributed by atoms with Crippen molar-refractivity contribution < 1.29 is 8.78 Å². The molecule has 3 aromatic heterocycles. The number of halogens is 2. The molecule has 6 rings (SSSR count). The van der Waals surface area contributed by atoms with Crippen LogP contribution in [0.25, 0.3) is 22.2 Å². The number of rotatable bonds is 6. The summed E-state index contributed by atoms with van der Waals surface area (Å²) in [7, 11) is 0. The summed E-state index contributed by atoms with van der Waals surface area (Å²) in [6, 6.07) is 10.6. The summed E-state index contributed by atoms with van der Waals surface area (Å²) < 4.78 is 32.1. The highest BCUT2D eigenvalue weighted by Crippen LogP contribution is 2.35. The summed E-state index contributed by atoms with van der Waals surface area (Å²) in [6.07, 6.45) is 9.83. The minimum Gasteiger partial charge on any atom is -0.364 e. The summed E-state index contributed by atoms with van der Waals surface area (Å²) in [5.41, 5.74) is 2.71. The molecule has 4 aromatic rings. The van der Waals surface area contributed by atoms with Gasteiger partial charge >= 0.3 is 0 Å². The average molecular weight is 478 g/mol. The van der Waals surface area contributed by atoms with E-state index in [-0.39, 0.29) is 5.69 Å². The Morgan fingerprint density at radius 3 is 2.47 bits per heavy atom. The van der Waals surface area contributed by atoms with Crippen LogP contribution < -0.4 is 4.90 Å². The van der Waals surface area contributed by atoms with Crippen LogP contribution in [-0.2, 0) is 0 Å². The van der Waals surface area contributed by atoms with E-state index in [0.29, 0.717) is 18.0 Å². The van der Waals surface area contributed by atoms with Crippen LogP contribution in [0.15, 0.2) is 66.1 Å². The maximum absolute atomic E-state index is 15.1. The van der Waals surface area contributed by atoms with Crippen molar-refractivity contribution in [1.82, 2.24) is 18.8 Å². The third-order valence-electron chi connectivity index (χ3n) is 6.62. The number of nitrogens with zero attached hydrogens (tertiary/aromatic N) is 5. The second-order valence-corrected chi connectivity index (χ2v) is 10.1. The maximum Gasteiger partial charge on any atom is 0.150 e. The van der Waals surface area contributed by atoms with Crippen molar-refractivity contribution in [2.45, 2.75) is 17.7 Å². The fraction of sp³-hybridized carbons (Fsp3) is 0.308. The Morgan fingerprint density at radius 1 is 0.971 bits per heavy atom. The van der Waals surface area contributed by atoms with Gasteiger partial charge in [0, 0.05) is 67.2 Å². The van der Waals surface area contributed by atoms with Gasteiger partial charge < -0.3 is 4.90 Å². The van der Waals surface area contributed by atoms with Crippen LogP contribution in [0.3, 0.4) is 0 Å². The summed E-state index contributed by atoms with van der Waals surface area (Å²) in [6.45, 7) is 4.13. The molecule has 0 unspecified atom stereocenters. The van der Waals surface area contributed by atoms with E-state index in [2.05, 4.69) is 14.9 Å². The Bertz CT molecular complexity index is 1290. The first-order chi connectivity index (χ1) is 16.7. The fourth-order valence-electron chi connectivity index (χ4n) is 4.67. The second-order valence-electron chi connectivity index (χ2n) is 9.03. The molecular weight excluding hydrogens is 452 g/mol. The third kappa shape index (κ3) is 4.28. The number of anilines is 1. The van der Waals surface area contributed by atoms with Crippen molar-refractivity contribution in [2.75, 3.05) is 37.6 Å². The summed E-state index contributed by atoms with van der Waals surface area (Å²) >= 11 is 1.27. The molecule has 0 atom stereocenters. The zero-order valence-electron chi connectivity index (χ0n) is 18.7. The first kappa shape index (κ1) is 21.6. The Morgan fingerprint density at radius 2 is 1.76 bits per heavy atom. The fourth-order valence-corrected chi connectivity index (χ4v) is 5.57. The van der Waals surface area contributed by atoms with Gasteiger partial charge in [-0.2, -0.15) is 0 Å². The number of fused-ring (bicyclic) bond motifs is 1. The summed E-state index contributed by atoms with van der Waals surface area (Å²) in [5, 5.41) is 0.989. The van der Waals surface area contributed by atoms with Crippen LogP contribution in [0.1, 0.15) is 12.8 Å². The van der Waals surface area contributed by atoms with E-state index >= 15 is 8.78 Å². The summed E-state index contributed by atoms with van der Waals surface area (Å²) in [4.78, 5) is 13.6. The minimum absolute atomic E-state index is 0.0897. The van der Waals surface area contributed by atoms with E-state index in [0.717, 1.165) is 47.7 Å². The molecule has 0 bridgehead atoms. The SMILES string of the molecule is Fc1cc(Sn2ccc3c(-c4ccccn4)cncc32)cc(F)c1N1CCN(CC2CC2)CC1. The van der Waals surface area contributed by atoms with Crippen LogP contribution >= 0.6 is 11.9 Å². The number of pyridine rings is 2. The average Bonchev–Trinajstić information content (AvgIpc) is 3.58. The third-order valence-corrected chi connectivity index (χ3v) is 7.58. The van der Waals surface area contributed by atoms with E-state index in [1.165, 1.54) is 36.9 Å². The molecule has 0 amide bonds. The maximum atomic E-state index is 15.1. The smallest absolute Gasteiger partial charge is 0.150 e. The largest absolute Gasteiger partial charge is 0.364 e. The van der Waals surface area contributed by atoms with Gasteiger partial charge in [0.2, 0.25) is 0 Å². The monoisotopic (exact) mass is 477 g/mol. The summed E-state index contributed by atoms with van der Waals surface area (Å²) in [5.74, 6) is -0.194. The number of benzene rings is 1. The van der Waals surface area contributed by atoms with Gasteiger partial charge in [-0.3, -0.25) is 18.8 Å². The van der Waals surface area contributed by atoms with Gasteiger partial charge in [-0.25, -0.2) is 8.78 Å². The van der Waals surface area contributed by atoms with Crippen molar-refractivity contribution in [2.24, 2.45) is 5.92 Å². The minimum atomic E-state index is -0.512. The highest BCUT2D eigenvalue weighted by molar-refractivity contribution is 7.98. The molecule has 0 spiro atoms. The highest BCUT2D eigenvalue weighted by atomic mass is 32.2. The number of hydrogen-bond donors (Lipinski definition) is 0. The van der Waals surface area contributed by atoms with Crippen LogP contribution in [0, 0.1) is 17.6 Å².